The van der Waals surface area contributed by atoms with Gasteiger partial charge in [-0.25, -0.2) is 27.2 Å². The van der Waals surface area contributed by atoms with Crippen molar-refractivity contribution >= 4 is 15.9 Å². The van der Waals surface area contributed by atoms with Crippen LogP contribution in [0.2, 0.25) is 0 Å². The van der Waals surface area contributed by atoms with Gasteiger partial charge in [0, 0.05) is 42.5 Å². The number of nitrogens with zero attached hydrogens (tertiary/aromatic N) is 4. The van der Waals surface area contributed by atoms with Crippen molar-refractivity contribution in [3.63, 3.8) is 0 Å². The van der Waals surface area contributed by atoms with E-state index in [1.165, 1.54) is 6.07 Å². The number of pyridine rings is 1. The lowest BCUT2D eigenvalue weighted by Crippen LogP contribution is -2.48. The van der Waals surface area contributed by atoms with E-state index in [-0.39, 0.29) is 46.6 Å². The van der Waals surface area contributed by atoms with Crippen molar-refractivity contribution < 1.29 is 35.2 Å². The van der Waals surface area contributed by atoms with Gasteiger partial charge in [0.1, 0.15) is 17.7 Å². The molecule has 1 aliphatic carbocycles. The van der Waals surface area contributed by atoms with E-state index >= 15 is 0 Å². The molecule has 1 amide bonds. The molecule has 5 rings (SSSR count). The van der Waals surface area contributed by atoms with Crippen molar-refractivity contribution in [2.75, 3.05) is 6.54 Å². The normalized spacial score (nSPS) is 21.1. The van der Waals surface area contributed by atoms with E-state index in [1.54, 1.807) is 12.2 Å². The topological polar surface area (TPSA) is 105 Å². The van der Waals surface area contributed by atoms with Crippen LogP contribution in [-0.4, -0.2) is 46.2 Å². The molecule has 1 fully saturated rings. The van der Waals surface area contributed by atoms with Crippen LogP contribution in [0, 0.1) is 23.5 Å². The van der Waals surface area contributed by atoms with E-state index in [0.29, 0.717) is 0 Å². The van der Waals surface area contributed by atoms with Gasteiger partial charge >= 0.3 is 6.18 Å². The Morgan fingerprint density at radius 3 is 2.32 bits per heavy atom. The smallest absolute Gasteiger partial charge is 0.350 e. The highest BCUT2D eigenvalue weighted by Gasteiger charge is 2.51. The monoisotopic (exact) mass is 551 g/mol. The molecular weight excluding hydrogens is 533 g/mol. The number of benzene rings is 1. The summed E-state index contributed by atoms with van der Waals surface area (Å²) in [5.74, 6) is -3.95. The number of carbonyl (C=O) groups excluding carboxylic acids is 1. The molecule has 2 aliphatic rings. The predicted octanol–water partition coefficient (Wildman–Crippen LogP) is 3.33. The first-order valence-corrected chi connectivity index (χ1v) is 12.7. The van der Waals surface area contributed by atoms with Crippen LogP contribution in [0.4, 0.5) is 22.0 Å². The third-order valence-corrected chi connectivity index (χ3v) is 8.28. The van der Waals surface area contributed by atoms with Gasteiger partial charge in [-0.1, -0.05) is 12.2 Å². The number of fused-ring (bicyclic) bond motifs is 1. The van der Waals surface area contributed by atoms with E-state index < -0.39 is 45.6 Å². The first-order valence-electron chi connectivity index (χ1n) is 11.2. The van der Waals surface area contributed by atoms with Gasteiger partial charge in [0.25, 0.3) is 0 Å². The van der Waals surface area contributed by atoms with Crippen molar-refractivity contribution in [1.82, 2.24) is 24.6 Å². The van der Waals surface area contributed by atoms with Gasteiger partial charge in [0.05, 0.1) is 16.8 Å². The largest absolute Gasteiger partial charge is 0.451 e. The summed E-state index contributed by atoms with van der Waals surface area (Å²) in [6.07, 6.45) is 1.45. The van der Waals surface area contributed by atoms with Gasteiger partial charge in [-0.15, -0.1) is 0 Å². The van der Waals surface area contributed by atoms with Crippen LogP contribution in [0.5, 0.6) is 0 Å². The average molecular weight is 551 g/mol. The highest BCUT2D eigenvalue weighted by atomic mass is 32.2. The number of hydrogen-bond acceptors (Lipinski definition) is 6. The van der Waals surface area contributed by atoms with Crippen LogP contribution in [0.1, 0.15) is 11.4 Å². The van der Waals surface area contributed by atoms with Crippen molar-refractivity contribution in [2.45, 2.75) is 23.7 Å². The summed E-state index contributed by atoms with van der Waals surface area (Å²) >= 11 is 0. The molecule has 0 spiro atoms. The Hall–Kier alpha value is -3.78. The summed E-state index contributed by atoms with van der Waals surface area (Å²) < 4.78 is 93.5. The Kier molecular flexibility index (Phi) is 6.47. The first-order chi connectivity index (χ1) is 17.9. The molecule has 3 aromatic rings. The number of aromatic nitrogens is 3. The molecule has 0 bridgehead atoms. The second-order valence-corrected chi connectivity index (χ2v) is 10.7. The minimum Gasteiger partial charge on any atom is -0.350 e. The summed E-state index contributed by atoms with van der Waals surface area (Å²) in [5, 5.41) is 2.55. The third-order valence-electron chi connectivity index (χ3n) is 6.42. The van der Waals surface area contributed by atoms with Crippen molar-refractivity contribution in [1.29, 1.82) is 0 Å². The number of sulfonamides is 1. The molecule has 1 aromatic carbocycles. The van der Waals surface area contributed by atoms with Crippen LogP contribution in [-0.2, 0) is 27.5 Å². The quantitative estimate of drug-likeness (QED) is 0.372. The Morgan fingerprint density at radius 2 is 1.71 bits per heavy atom. The standard InChI is InChI=1S/C24H18F5N5O3S/c25-16-2-4-17(5-3-16)38(36,37)34-12-13-1-6-18(13)21(34)22(35)31-8-14-7-20(30-11-19(14)26)15-9-32-23(33-10-15)24(27,28)29/h1-7,9-11,13,18,21H,8,12H2,(H,31,35)/t13-,18-,21-/m0/s1. The molecule has 38 heavy (non-hydrogen) atoms. The second kappa shape index (κ2) is 9.51. The van der Waals surface area contributed by atoms with Gasteiger partial charge in [0.2, 0.25) is 21.8 Å². The van der Waals surface area contributed by atoms with Crippen LogP contribution in [0.3, 0.4) is 0 Å². The average Bonchev–Trinajstić information content (AvgIpc) is 3.13. The highest BCUT2D eigenvalue weighted by molar-refractivity contribution is 7.89. The number of hydrogen-bond donors (Lipinski definition) is 1. The summed E-state index contributed by atoms with van der Waals surface area (Å²) in [4.78, 5) is 23.4. The first kappa shape index (κ1) is 25.9. The SMILES string of the molecule is O=C(NCc1cc(-c2cnc(C(F)(F)F)nc2)ncc1F)[C@@H]1[C@H]2C=C[C@H]2CN1S(=O)(=O)c1ccc(F)cc1. The van der Waals surface area contributed by atoms with E-state index in [1.807, 2.05) is 0 Å². The van der Waals surface area contributed by atoms with E-state index in [0.717, 1.165) is 47.2 Å². The van der Waals surface area contributed by atoms with Crippen LogP contribution >= 0.6 is 0 Å². The van der Waals surface area contributed by atoms with Crippen LogP contribution in [0.25, 0.3) is 11.3 Å². The number of alkyl halides is 3. The lowest BCUT2D eigenvalue weighted by molar-refractivity contribution is -0.145. The van der Waals surface area contributed by atoms with Gasteiger partial charge in [-0.3, -0.25) is 9.78 Å². The van der Waals surface area contributed by atoms with Gasteiger partial charge in [-0.2, -0.15) is 17.5 Å². The number of rotatable bonds is 6. The lowest BCUT2D eigenvalue weighted by atomic mass is 9.81. The maximum Gasteiger partial charge on any atom is 0.451 e. The fourth-order valence-corrected chi connectivity index (χ4v) is 6.05. The minimum atomic E-state index is -4.73. The molecule has 1 saturated heterocycles. The predicted molar refractivity (Wildman–Crippen MR) is 122 cm³/mol. The maximum absolute atomic E-state index is 14.5. The molecule has 3 atom stereocenters. The Morgan fingerprint density at radius 1 is 1.03 bits per heavy atom. The maximum atomic E-state index is 14.5. The highest BCUT2D eigenvalue weighted by Crippen LogP contribution is 2.41. The number of carbonyl (C=O) groups is 1. The second-order valence-electron chi connectivity index (χ2n) is 8.77. The number of nitrogens with one attached hydrogen (secondary N) is 1. The molecule has 0 saturated carbocycles. The molecule has 8 nitrogen and oxygen atoms in total. The lowest BCUT2D eigenvalue weighted by Gasteiger charge is -2.27. The van der Waals surface area contributed by atoms with Crippen molar-refractivity contribution in [2.24, 2.45) is 11.8 Å². The van der Waals surface area contributed by atoms with Crippen LogP contribution in [0.15, 0.2) is 66.0 Å². The van der Waals surface area contributed by atoms with Crippen LogP contribution < -0.4 is 5.32 Å². The summed E-state index contributed by atoms with van der Waals surface area (Å²) in [5.41, 5.74) is 0.142. The molecule has 1 aliphatic heterocycles. The number of halogens is 5. The zero-order chi connectivity index (χ0) is 27.2. The molecule has 1 N–H and O–H groups in total. The molecule has 3 heterocycles. The Bertz CT molecular complexity index is 1510. The van der Waals surface area contributed by atoms with E-state index in [2.05, 4.69) is 20.3 Å². The summed E-state index contributed by atoms with van der Waals surface area (Å²) in [6, 6.07) is 4.38. The molecule has 0 unspecified atom stereocenters. The van der Waals surface area contributed by atoms with Gasteiger partial charge in [-0.05, 0) is 36.2 Å². The van der Waals surface area contributed by atoms with Crippen molar-refractivity contribution in [3.05, 3.63) is 84.1 Å². The van der Waals surface area contributed by atoms with Gasteiger partial charge < -0.3 is 5.32 Å². The zero-order valence-electron chi connectivity index (χ0n) is 19.2. The molecular formula is C24H18F5N5O3S. The summed E-state index contributed by atoms with van der Waals surface area (Å²) in [6.45, 7) is -0.287. The third kappa shape index (κ3) is 4.76. The Balaban J connectivity index is 1.34. The fraction of sp³-hybridized carbons (Fsp3) is 0.250. The zero-order valence-corrected chi connectivity index (χ0v) is 20.0. The molecule has 2 aromatic heterocycles. The fourth-order valence-electron chi connectivity index (χ4n) is 4.39. The molecule has 0 radical (unpaired) electrons. The molecule has 14 heteroatoms. The molecule has 198 valence electrons. The van der Waals surface area contributed by atoms with E-state index in [4.69, 9.17) is 0 Å². The summed E-state index contributed by atoms with van der Waals surface area (Å²) in [7, 11) is -4.14. The Labute approximate surface area is 213 Å². The van der Waals surface area contributed by atoms with Crippen molar-refractivity contribution in [3.8, 4) is 11.3 Å². The minimum absolute atomic E-state index is 0.0325. The number of amides is 1. The van der Waals surface area contributed by atoms with Gasteiger partial charge in [0.15, 0.2) is 0 Å². The van der Waals surface area contributed by atoms with E-state index in [9.17, 15) is 35.2 Å².